The molecule has 96 valence electrons. The number of hydrogen-bond donors (Lipinski definition) is 0. The van der Waals surface area contributed by atoms with Crippen LogP contribution in [-0.2, 0) is 0 Å². The smallest absolute Gasteiger partial charge is 0.173 e. The summed E-state index contributed by atoms with van der Waals surface area (Å²) in [5, 5.41) is 4.05. The molecule has 3 rings (SSSR count). The quantitative estimate of drug-likeness (QED) is 0.656. The predicted octanol–water partition coefficient (Wildman–Crippen LogP) is 4.56. The molecule has 0 saturated heterocycles. The predicted molar refractivity (Wildman–Crippen MR) is 77.7 cm³/mol. The van der Waals surface area contributed by atoms with Gasteiger partial charge in [0.05, 0.1) is 23.5 Å². The van der Waals surface area contributed by atoms with Crippen LogP contribution in [0.3, 0.4) is 0 Å². The number of rotatable bonds is 3. The molecule has 3 aromatic rings. The molecule has 0 aliphatic carbocycles. The van der Waals surface area contributed by atoms with E-state index in [1.54, 1.807) is 17.1 Å². The third kappa shape index (κ3) is 2.46. The van der Waals surface area contributed by atoms with Crippen LogP contribution in [0.15, 0.2) is 64.1 Å². The van der Waals surface area contributed by atoms with E-state index < -0.39 is 0 Å². The number of aromatic nitrogens is 2. The van der Waals surface area contributed by atoms with Crippen molar-refractivity contribution in [2.45, 2.75) is 5.38 Å². The van der Waals surface area contributed by atoms with Crippen molar-refractivity contribution in [3.63, 3.8) is 0 Å². The van der Waals surface area contributed by atoms with Crippen LogP contribution in [-0.4, -0.2) is 9.78 Å². The minimum absolute atomic E-state index is 0.286. The Morgan fingerprint density at radius 3 is 2.68 bits per heavy atom. The minimum Gasteiger partial charge on any atom is -0.457 e. The summed E-state index contributed by atoms with van der Waals surface area (Å²) in [7, 11) is 0. The lowest BCUT2D eigenvalue weighted by Crippen LogP contribution is -1.93. The molecule has 0 bridgehead atoms. The zero-order valence-electron chi connectivity index (χ0n) is 9.83. The van der Waals surface area contributed by atoms with Crippen LogP contribution in [0.4, 0.5) is 0 Å². The average molecular weight is 338 g/mol. The molecular formula is C14H10BrClN2O. The summed E-state index contributed by atoms with van der Waals surface area (Å²) in [6.07, 6.45) is 5.30. The summed E-state index contributed by atoms with van der Waals surface area (Å²) in [6.45, 7) is 0. The lowest BCUT2D eigenvalue weighted by Gasteiger charge is -2.04. The van der Waals surface area contributed by atoms with Crippen molar-refractivity contribution in [2.75, 3.05) is 0 Å². The maximum atomic E-state index is 6.44. The van der Waals surface area contributed by atoms with Crippen molar-refractivity contribution in [1.29, 1.82) is 0 Å². The van der Waals surface area contributed by atoms with Crippen molar-refractivity contribution in [1.82, 2.24) is 9.78 Å². The third-order valence-electron chi connectivity index (χ3n) is 2.84. The van der Waals surface area contributed by atoms with Gasteiger partial charge in [-0.25, -0.2) is 4.68 Å². The van der Waals surface area contributed by atoms with E-state index in [1.165, 1.54) is 0 Å². The average Bonchev–Trinajstić information content (AvgIpc) is 3.08. The molecule has 3 nitrogen and oxygen atoms in total. The molecule has 0 N–H and O–H groups in total. The van der Waals surface area contributed by atoms with Crippen molar-refractivity contribution < 1.29 is 4.42 Å². The van der Waals surface area contributed by atoms with Gasteiger partial charge < -0.3 is 4.42 Å². The van der Waals surface area contributed by atoms with Crippen LogP contribution < -0.4 is 0 Å². The van der Waals surface area contributed by atoms with Gasteiger partial charge in [-0.3, -0.25) is 0 Å². The van der Waals surface area contributed by atoms with Crippen LogP contribution >= 0.6 is 27.5 Å². The number of furan rings is 1. The van der Waals surface area contributed by atoms with Crippen molar-refractivity contribution in [3.05, 3.63) is 70.9 Å². The van der Waals surface area contributed by atoms with Crippen molar-refractivity contribution in [2.24, 2.45) is 0 Å². The zero-order valence-corrected chi connectivity index (χ0v) is 12.2. The Morgan fingerprint density at radius 1 is 1.21 bits per heavy atom. The number of halogens is 2. The number of benzene rings is 1. The minimum atomic E-state index is -0.286. The molecule has 5 heteroatoms. The summed E-state index contributed by atoms with van der Waals surface area (Å²) in [4.78, 5) is 0. The molecule has 0 saturated carbocycles. The van der Waals surface area contributed by atoms with E-state index in [4.69, 9.17) is 16.0 Å². The fraction of sp³-hybridized carbons (Fsp3) is 0.0714. The van der Waals surface area contributed by atoms with Crippen molar-refractivity contribution in [3.8, 4) is 5.69 Å². The second-order valence-corrected chi connectivity index (χ2v) is 5.22. The number of nitrogens with zero attached hydrogens (tertiary/aromatic N) is 2. The summed E-state index contributed by atoms with van der Waals surface area (Å²) < 4.78 is 7.66. The molecule has 0 amide bonds. The maximum absolute atomic E-state index is 6.44. The van der Waals surface area contributed by atoms with E-state index in [9.17, 15) is 0 Å². The first-order valence-corrected chi connectivity index (χ1v) is 6.95. The lowest BCUT2D eigenvalue weighted by atomic mass is 10.1. The van der Waals surface area contributed by atoms with Gasteiger partial charge in [-0.2, -0.15) is 5.10 Å². The molecule has 1 unspecified atom stereocenters. The molecule has 0 fully saturated rings. The van der Waals surface area contributed by atoms with Crippen LogP contribution in [0.2, 0.25) is 0 Å². The Labute approximate surface area is 123 Å². The molecule has 0 radical (unpaired) electrons. The van der Waals surface area contributed by atoms with Gasteiger partial charge in [-0.05, 0) is 34.1 Å². The fourth-order valence-electron chi connectivity index (χ4n) is 1.85. The summed E-state index contributed by atoms with van der Waals surface area (Å²) in [5.41, 5.74) is 2.82. The summed E-state index contributed by atoms with van der Waals surface area (Å²) in [5.74, 6) is 0. The van der Waals surface area contributed by atoms with E-state index in [0.29, 0.717) is 4.67 Å². The highest BCUT2D eigenvalue weighted by atomic mass is 79.9. The van der Waals surface area contributed by atoms with Crippen LogP contribution in [0.25, 0.3) is 5.69 Å². The van der Waals surface area contributed by atoms with Gasteiger partial charge in [0.2, 0.25) is 0 Å². The van der Waals surface area contributed by atoms with Gasteiger partial charge in [0.25, 0.3) is 0 Å². The normalized spacial score (nSPS) is 12.5. The first-order chi connectivity index (χ1) is 9.25. The van der Waals surface area contributed by atoms with Crippen molar-refractivity contribution >= 4 is 27.5 Å². The molecule has 1 atom stereocenters. The molecule has 1 aromatic carbocycles. The fourth-order valence-corrected chi connectivity index (χ4v) is 2.74. The Bertz CT molecular complexity index is 678. The van der Waals surface area contributed by atoms with E-state index in [0.717, 1.165) is 16.8 Å². The third-order valence-corrected chi connectivity index (χ3v) is 3.97. The lowest BCUT2D eigenvalue weighted by molar-refractivity contribution is 0.537. The molecule has 0 aliphatic heterocycles. The number of para-hydroxylation sites is 1. The van der Waals surface area contributed by atoms with Gasteiger partial charge >= 0.3 is 0 Å². The molecule has 0 spiro atoms. The van der Waals surface area contributed by atoms with Gasteiger partial charge in [-0.15, -0.1) is 11.6 Å². The molecule has 0 aliphatic rings. The molecule has 19 heavy (non-hydrogen) atoms. The Hall–Kier alpha value is -1.52. The van der Waals surface area contributed by atoms with E-state index in [-0.39, 0.29) is 5.38 Å². The van der Waals surface area contributed by atoms with Gasteiger partial charge in [0.15, 0.2) is 4.67 Å². The first-order valence-electron chi connectivity index (χ1n) is 5.72. The van der Waals surface area contributed by atoms with E-state index in [2.05, 4.69) is 21.0 Å². The van der Waals surface area contributed by atoms with Crippen LogP contribution in [0.5, 0.6) is 0 Å². The van der Waals surface area contributed by atoms with Crippen LogP contribution in [0.1, 0.15) is 16.5 Å². The second-order valence-electron chi connectivity index (χ2n) is 4.07. The Kier molecular flexibility index (Phi) is 3.44. The maximum Gasteiger partial charge on any atom is 0.173 e. The van der Waals surface area contributed by atoms with E-state index in [1.807, 2.05) is 42.6 Å². The van der Waals surface area contributed by atoms with Crippen LogP contribution in [0, 0.1) is 0 Å². The highest BCUT2D eigenvalue weighted by Gasteiger charge is 2.18. The van der Waals surface area contributed by atoms with Gasteiger partial charge in [0.1, 0.15) is 0 Å². The summed E-state index contributed by atoms with van der Waals surface area (Å²) >= 11 is 9.77. The molecule has 2 heterocycles. The number of alkyl halides is 1. The largest absolute Gasteiger partial charge is 0.457 e. The second kappa shape index (κ2) is 5.23. The highest BCUT2D eigenvalue weighted by molar-refractivity contribution is 9.10. The zero-order chi connectivity index (χ0) is 13.2. The monoisotopic (exact) mass is 336 g/mol. The molecular weight excluding hydrogens is 328 g/mol. The summed E-state index contributed by atoms with van der Waals surface area (Å²) in [6, 6.07) is 11.8. The molecule has 2 aromatic heterocycles. The van der Waals surface area contributed by atoms with Gasteiger partial charge in [-0.1, -0.05) is 18.2 Å². The van der Waals surface area contributed by atoms with Gasteiger partial charge in [0, 0.05) is 17.3 Å². The Balaban J connectivity index is 1.92. The Morgan fingerprint density at radius 2 is 2.00 bits per heavy atom. The standard InChI is InChI=1S/C14H10BrClN2O/c15-14-12(6-7-19-14)13(16)10-8-17-18(9-10)11-4-2-1-3-5-11/h1-9,13H. The first kappa shape index (κ1) is 12.5. The number of hydrogen-bond acceptors (Lipinski definition) is 2. The highest BCUT2D eigenvalue weighted by Crippen LogP contribution is 2.34. The SMILES string of the molecule is ClC(c1cnn(-c2ccccc2)c1)c1ccoc1Br. The van der Waals surface area contributed by atoms with E-state index >= 15 is 0 Å². The topological polar surface area (TPSA) is 31.0 Å².